The molecule has 0 saturated carbocycles. The minimum absolute atomic E-state index is 0.0111. The Bertz CT molecular complexity index is 399. The molecule has 0 radical (unpaired) electrons. The number of nitrogens with zero attached hydrogens (tertiary/aromatic N) is 1. The first-order valence-corrected chi connectivity index (χ1v) is 4.85. The highest BCUT2D eigenvalue weighted by Gasteiger charge is 2.16. The monoisotopic (exact) mass is 207 g/mol. The standard InChI is InChI=1S/C11H13NO3/c1-3-5-11(13)9-6-4-7-10(8(9)2)12(14)15/h4,6-7H,3,5H2,1-2H3. The molecule has 0 unspecified atom stereocenters. The Labute approximate surface area is 88.1 Å². The van der Waals surface area contributed by atoms with Gasteiger partial charge in [-0.25, -0.2) is 0 Å². The molecule has 0 aliphatic heterocycles. The van der Waals surface area contributed by atoms with Gasteiger partial charge in [-0.05, 0) is 13.3 Å². The van der Waals surface area contributed by atoms with Gasteiger partial charge in [-0.1, -0.05) is 19.1 Å². The van der Waals surface area contributed by atoms with Crippen LogP contribution in [0.3, 0.4) is 0 Å². The molecule has 0 aromatic heterocycles. The smallest absolute Gasteiger partial charge is 0.273 e. The Hall–Kier alpha value is -1.71. The molecular formula is C11H13NO3. The van der Waals surface area contributed by atoms with Gasteiger partial charge in [0.15, 0.2) is 5.78 Å². The van der Waals surface area contributed by atoms with Crippen LogP contribution in [0.15, 0.2) is 18.2 Å². The SMILES string of the molecule is CCCC(=O)c1cccc([N+](=O)[O-])c1C. The molecule has 15 heavy (non-hydrogen) atoms. The fourth-order valence-electron chi connectivity index (χ4n) is 1.49. The second kappa shape index (κ2) is 4.68. The topological polar surface area (TPSA) is 60.2 Å². The number of carbonyl (C=O) groups excluding carboxylic acids is 1. The van der Waals surface area contributed by atoms with Gasteiger partial charge >= 0.3 is 0 Å². The van der Waals surface area contributed by atoms with Crippen LogP contribution in [0.5, 0.6) is 0 Å². The van der Waals surface area contributed by atoms with Gasteiger partial charge in [0.25, 0.3) is 5.69 Å². The number of nitro benzene ring substituents is 1. The van der Waals surface area contributed by atoms with Crippen LogP contribution < -0.4 is 0 Å². The van der Waals surface area contributed by atoms with E-state index in [0.29, 0.717) is 17.5 Å². The minimum Gasteiger partial charge on any atom is -0.294 e. The molecule has 0 fully saturated rings. The summed E-state index contributed by atoms with van der Waals surface area (Å²) in [6.07, 6.45) is 1.18. The highest BCUT2D eigenvalue weighted by molar-refractivity contribution is 5.98. The highest BCUT2D eigenvalue weighted by atomic mass is 16.6. The van der Waals surface area contributed by atoms with Gasteiger partial charge in [0, 0.05) is 23.6 Å². The van der Waals surface area contributed by atoms with E-state index in [1.165, 1.54) is 6.07 Å². The predicted octanol–water partition coefficient (Wildman–Crippen LogP) is 2.89. The van der Waals surface area contributed by atoms with Crippen LogP contribution >= 0.6 is 0 Å². The van der Waals surface area contributed by atoms with E-state index in [9.17, 15) is 14.9 Å². The zero-order valence-electron chi connectivity index (χ0n) is 8.82. The van der Waals surface area contributed by atoms with Crippen LogP contribution in [0, 0.1) is 17.0 Å². The average molecular weight is 207 g/mol. The Balaban J connectivity index is 3.15. The summed E-state index contributed by atoms with van der Waals surface area (Å²) in [6, 6.07) is 4.60. The number of ketones is 1. The van der Waals surface area contributed by atoms with E-state index < -0.39 is 4.92 Å². The van der Waals surface area contributed by atoms with Crippen molar-refractivity contribution in [2.45, 2.75) is 26.7 Å². The molecule has 1 rings (SSSR count). The molecule has 1 aromatic rings. The highest BCUT2D eigenvalue weighted by Crippen LogP contribution is 2.22. The predicted molar refractivity (Wildman–Crippen MR) is 57.1 cm³/mol. The van der Waals surface area contributed by atoms with E-state index in [1.807, 2.05) is 6.92 Å². The molecule has 0 N–H and O–H groups in total. The van der Waals surface area contributed by atoms with Crippen molar-refractivity contribution in [1.29, 1.82) is 0 Å². The molecule has 0 aliphatic rings. The van der Waals surface area contributed by atoms with Gasteiger partial charge in [-0.15, -0.1) is 0 Å². The largest absolute Gasteiger partial charge is 0.294 e. The maximum Gasteiger partial charge on any atom is 0.273 e. The molecule has 0 atom stereocenters. The van der Waals surface area contributed by atoms with Gasteiger partial charge in [0.05, 0.1) is 4.92 Å². The number of hydrogen-bond donors (Lipinski definition) is 0. The molecule has 0 heterocycles. The van der Waals surface area contributed by atoms with Crippen LogP contribution in [0.4, 0.5) is 5.69 Å². The quantitative estimate of drug-likeness (QED) is 0.433. The van der Waals surface area contributed by atoms with Crippen molar-refractivity contribution in [2.75, 3.05) is 0 Å². The second-order valence-corrected chi connectivity index (χ2v) is 3.38. The summed E-state index contributed by atoms with van der Waals surface area (Å²) in [5.74, 6) is -0.0290. The van der Waals surface area contributed by atoms with Crippen LogP contribution in [-0.4, -0.2) is 10.7 Å². The third-order valence-corrected chi connectivity index (χ3v) is 2.28. The molecule has 0 amide bonds. The molecule has 4 nitrogen and oxygen atoms in total. The zero-order valence-corrected chi connectivity index (χ0v) is 8.82. The van der Waals surface area contributed by atoms with Crippen molar-refractivity contribution in [1.82, 2.24) is 0 Å². The van der Waals surface area contributed by atoms with E-state index >= 15 is 0 Å². The van der Waals surface area contributed by atoms with Crippen molar-refractivity contribution in [2.24, 2.45) is 0 Å². The van der Waals surface area contributed by atoms with E-state index in [4.69, 9.17) is 0 Å². The lowest BCUT2D eigenvalue weighted by Crippen LogP contribution is -2.03. The molecule has 1 aromatic carbocycles. The first kappa shape index (κ1) is 11.4. The number of carbonyl (C=O) groups is 1. The first-order valence-electron chi connectivity index (χ1n) is 4.85. The van der Waals surface area contributed by atoms with E-state index in [2.05, 4.69) is 0 Å². The summed E-state index contributed by atoms with van der Waals surface area (Å²) in [5.41, 5.74) is 0.934. The third-order valence-electron chi connectivity index (χ3n) is 2.28. The van der Waals surface area contributed by atoms with Crippen molar-refractivity contribution >= 4 is 11.5 Å². The average Bonchev–Trinajstić information content (AvgIpc) is 2.17. The number of benzene rings is 1. The lowest BCUT2D eigenvalue weighted by molar-refractivity contribution is -0.385. The molecule has 80 valence electrons. The molecule has 0 saturated heterocycles. The maximum absolute atomic E-state index is 11.6. The van der Waals surface area contributed by atoms with Crippen LogP contribution in [0.25, 0.3) is 0 Å². The molecule has 0 aliphatic carbocycles. The Morgan fingerprint density at radius 3 is 2.67 bits per heavy atom. The fraction of sp³-hybridized carbons (Fsp3) is 0.364. The molecular weight excluding hydrogens is 194 g/mol. The van der Waals surface area contributed by atoms with Crippen molar-refractivity contribution in [3.05, 3.63) is 39.4 Å². The van der Waals surface area contributed by atoms with Gasteiger partial charge in [-0.2, -0.15) is 0 Å². The summed E-state index contributed by atoms with van der Waals surface area (Å²) >= 11 is 0. The fourth-order valence-corrected chi connectivity index (χ4v) is 1.49. The summed E-state index contributed by atoms with van der Waals surface area (Å²) in [4.78, 5) is 21.8. The van der Waals surface area contributed by atoms with Crippen LogP contribution in [0.2, 0.25) is 0 Å². The number of nitro groups is 1. The first-order chi connectivity index (χ1) is 7.07. The van der Waals surface area contributed by atoms with Crippen molar-refractivity contribution in [3.8, 4) is 0 Å². The van der Waals surface area contributed by atoms with Crippen molar-refractivity contribution < 1.29 is 9.72 Å². The summed E-state index contributed by atoms with van der Waals surface area (Å²) < 4.78 is 0. The van der Waals surface area contributed by atoms with Crippen molar-refractivity contribution in [3.63, 3.8) is 0 Å². The zero-order chi connectivity index (χ0) is 11.4. The maximum atomic E-state index is 11.6. The summed E-state index contributed by atoms with van der Waals surface area (Å²) in [5, 5.41) is 10.6. The lowest BCUT2D eigenvalue weighted by atomic mass is 10.0. The minimum atomic E-state index is -0.460. The molecule has 0 spiro atoms. The number of Topliss-reactive ketones (excluding diaryl/α,β-unsaturated/α-hetero) is 1. The summed E-state index contributed by atoms with van der Waals surface area (Å²) in [6.45, 7) is 3.52. The van der Waals surface area contributed by atoms with Gasteiger partial charge < -0.3 is 0 Å². The Morgan fingerprint density at radius 1 is 1.47 bits per heavy atom. The van der Waals surface area contributed by atoms with Gasteiger partial charge in [0.1, 0.15) is 0 Å². The van der Waals surface area contributed by atoms with Gasteiger partial charge in [0.2, 0.25) is 0 Å². The van der Waals surface area contributed by atoms with E-state index in [1.54, 1.807) is 19.1 Å². The normalized spacial score (nSPS) is 10.0. The second-order valence-electron chi connectivity index (χ2n) is 3.38. The molecule has 4 heteroatoms. The summed E-state index contributed by atoms with van der Waals surface area (Å²) in [7, 11) is 0. The number of hydrogen-bond acceptors (Lipinski definition) is 3. The van der Waals surface area contributed by atoms with E-state index in [-0.39, 0.29) is 11.5 Å². The number of rotatable bonds is 4. The Morgan fingerprint density at radius 2 is 2.13 bits per heavy atom. The third kappa shape index (κ3) is 2.40. The van der Waals surface area contributed by atoms with E-state index in [0.717, 1.165) is 6.42 Å². The molecule has 0 bridgehead atoms. The Kier molecular flexibility index (Phi) is 3.55. The lowest BCUT2D eigenvalue weighted by Gasteiger charge is -2.03. The van der Waals surface area contributed by atoms with Gasteiger partial charge in [-0.3, -0.25) is 14.9 Å². The van der Waals surface area contributed by atoms with Crippen LogP contribution in [-0.2, 0) is 0 Å². The van der Waals surface area contributed by atoms with Crippen LogP contribution in [0.1, 0.15) is 35.7 Å².